The summed E-state index contributed by atoms with van der Waals surface area (Å²) in [5.74, 6) is 2.96. The molecule has 0 fully saturated rings. The number of methoxy groups -OCH3 is 3. The third-order valence-electron chi connectivity index (χ3n) is 4.52. The predicted molar refractivity (Wildman–Crippen MR) is 113 cm³/mol. The van der Waals surface area contributed by atoms with Crippen molar-refractivity contribution < 1.29 is 23.7 Å². The van der Waals surface area contributed by atoms with Gasteiger partial charge in [0.25, 0.3) is 5.91 Å². The minimum absolute atomic E-state index is 0.283. The number of hydrogen-bond donors (Lipinski definition) is 1. The summed E-state index contributed by atoms with van der Waals surface area (Å²) < 4.78 is 23.2. The molecule has 0 aliphatic rings. The Morgan fingerprint density at radius 1 is 0.967 bits per heavy atom. The molecule has 0 saturated carbocycles. The van der Waals surface area contributed by atoms with E-state index in [0.29, 0.717) is 29.6 Å². The van der Waals surface area contributed by atoms with Crippen LogP contribution in [0.25, 0.3) is 0 Å². The molecule has 158 valence electrons. The Kier molecular flexibility index (Phi) is 6.79. The maximum atomic E-state index is 12.6. The van der Waals surface area contributed by atoms with Crippen LogP contribution < -0.4 is 24.3 Å². The summed E-state index contributed by atoms with van der Waals surface area (Å²) in [5.41, 5.74) is 0.903. The summed E-state index contributed by atoms with van der Waals surface area (Å²) in [6.45, 7) is 2.11. The van der Waals surface area contributed by atoms with Crippen LogP contribution in [-0.4, -0.2) is 43.1 Å². The average molecular weight is 411 g/mol. The highest BCUT2D eigenvalue weighted by atomic mass is 16.5. The van der Waals surface area contributed by atoms with Gasteiger partial charge in [0.05, 0.1) is 34.1 Å². The first kappa shape index (κ1) is 21.0. The van der Waals surface area contributed by atoms with Crippen LogP contribution in [0.5, 0.6) is 23.0 Å². The Balaban J connectivity index is 1.66. The lowest BCUT2D eigenvalue weighted by molar-refractivity contribution is -0.122. The number of anilines is 1. The molecule has 8 heteroatoms. The number of nitrogens with zero attached hydrogens (tertiary/aromatic N) is 2. The van der Waals surface area contributed by atoms with Crippen molar-refractivity contribution >= 4 is 11.7 Å². The van der Waals surface area contributed by atoms with E-state index in [1.807, 2.05) is 18.2 Å². The summed E-state index contributed by atoms with van der Waals surface area (Å²) in [6, 6.07) is 14.3. The van der Waals surface area contributed by atoms with Crippen molar-refractivity contribution in [1.82, 2.24) is 9.78 Å². The van der Waals surface area contributed by atoms with Gasteiger partial charge in [0.15, 0.2) is 6.10 Å². The van der Waals surface area contributed by atoms with E-state index < -0.39 is 6.10 Å². The Hall–Kier alpha value is -3.68. The highest BCUT2D eigenvalue weighted by molar-refractivity contribution is 5.93. The highest BCUT2D eigenvalue weighted by Gasteiger charge is 2.17. The molecule has 0 radical (unpaired) electrons. The van der Waals surface area contributed by atoms with Crippen LogP contribution in [0, 0.1) is 0 Å². The lowest BCUT2D eigenvalue weighted by Gasteiger charge is -2.16. The van der Waals surface area contributed by atoms with E-state index in [9.17, 15) is 4.79 Å². The Morgan fingerprint density at radius 2 is 1.63 bits per heavy atom. The molecule has 0 saturated heterocycles. The quantitative estimate of drug-likeness (QED) is 0.581. The fourth-order valence-electron chi connectivity index (χ4n) is 2.85. The van der Waals surface area contributed by atoms with E-state index in [2.05, 4.69) is 10.4 Å². The third-order valence-corrected chi connectivity index (χ3v) is 4.52. The molecule has 0 aliphatic heterocycles. The molecule has 2 aromatic carbocycles. The maximum Gasteiger partial charge on any atom is 0.266 e. The second-order valence-electron chi connectivity index (χ2n) is 6.48. The molecule has 1 heterocycles. The van der Waals surface area contributed by atoms with Crippen molar-refractivity contribution in [2.24, 2.45) is 0 Å². The van der Waals surface area contributed by atoms with Gasteiger partial charge >= 0.3 is 0 Å². The largest absolute Gasteiger partial charge is 0.497 e. The minimum atomic E-state index is -0.697. The summed E-state index contributed by atoms with van der Waals surface area (Å²) in [7, 11) is 4.80. The second-order valence-corrected chi connectivity index (χ2v) is 6.48. The summed E-state index contributed by atoms with van der Waals surface area (Å²) >= 11 is 0. The molecule has 30 heavy (non-hydrogen) atoms. The minimum Gasteiger partial charge on any atom is -0.497 e. The third kappa shape index (κ3) is 5.02. The number of carbonyl (C=O) groups is 1. The van der Waals surface area contributed by atoms with Crippen LogP contribution in [0.4, 0.5) is 5.82 Å². The van der Waals surface area contributed by atoms with Crippen molar-refractivity contribution in [1.29, 1.82) is 0 Å². The fourth-order valence-corrected chi connectivity index (χ4v) is 2.85. The standard InChI is InChI=1S/C22H25N3O5/c1-15(30-18-9-7-17(27-2)8-10-18)22(26)24-21-11-12-23-25(21)14-16-5-6-19(28-3)13-20(16)29-4/h5-13,15H,14H2,1-4H3,(H,24,26). The van der Waals surface area contributed by atoms with Gasteiger partial charge in [0.2, 0.25) is 0 Å². The topological polar surface area (TPSA) is 83.8 Å². The molecule has 1 N–H and O–H groups in total. The van der Waals surface area contributed by atoms with E-state index in [0.717, 1.165) is 11.3 Å². The van der Waals surface area contributed by atoms with E-state index in [1.165, 1.54) is 0 Å². The number of rotatable bonds is 9. The summed E-state index contributed by atoms with van der Waals surface area (Å²) in [6.07, 6.45) is 0.929. The molecule has 3 rings (SSSR count). The Bertz CT molecular complexity index is 985. The fraction of sp³-hybridized carbons (Fsp3) is 0.273. The van der Waals surface area contributed by atoms with Gasteiger partial charge in [-0.05, 0) is 43.3 Å². The monoisotopic (exact) mass is 411 g/mol. The van der Waals surface area contributed by atoms with Crippen LogP contribution in [0.1, 0.15) is 12.5 Å². The molecule has 1 atom stereocenters. The van der Waals surface area contributed by atoms with Crippen LogP contribution in [0.3, 0.4) is 0 Å². The predicted octanol–water partition coefficient (Wildman–Crippen LogP) is 3.36. The number of amides is 1. The van der Waals surface area contributed by atoms with Gasteiger partial charge in [-0.1, -0.05) is 0 Å². The van der Waals surface area contributed by atoms with Gasteiger partial charge < -0.3 is 24.3 Å². The zero-order valence-corrected chi connectivity index (χ0v) is 17.4. The lowest BCUT2D eigenvalue weighted by Crippen LogP contribution is -2.31. The molecular weight excluding hydrogens is 386 g/mol. The maximum absolute atomic E-state index is 12.6. The number of nitrogens with one attached hydrogen (secondary N) is 1. The van der Waals surface area contributed by atoms with Crippen LogP contribution >= 0.6 is 0 Å². The number of hydrogen-bond acceptors (Lipinski definition) is 6. The van der Waals surface area contributed by atoms with E-state index in [4.69, 9.17) is 18.9 Å². The normalized spacial score (nSPS) is 11.5. The van der Waals surface area contributed by atoms with Gasteiger partial charge in [-0.3, -0.25) is 4.79 Å². The first-order valence-electron chi connectivity index (χ1n) is 9.38. The smallest absolute Gasteiger partial charge is 0.266 e. The molecule has 0 bridgehead atoms. The molecule has 0 aliphatic carbocycles. The van der Waals surface area contributed by atoms with Gasteiger partial charge in [0, 0.05) is 17.7 Å². The zero-order chi connectivity index (χ0) is 21.5. The number of ether oxygens (including phenoxy) is 4. The summed E-state index contributed by atoms with van der Waals surface area (Å²) in [5, 5.41) is 7.17. The molecule has 1 unspecified atom stereocenters. The van der Waals surface area contributed by atoms with Crippen molar-refractivity contribution in [2.45, 2.75) is 19.6 Å². The number of benzene rings is 2. The van der Waals surface area contributed by atoms with Crippen LogP contribution in [0.15, 0.2) is 54.7 Å². The SMILES string of the molecule is COc1ccc(OC(C)C(=O)Nc2ccnn2Cc2ccc(OC)cc2OC)cc1. The summed E-state index contributed by atoms with van der Waals surface area (Å²) in [4.78, 5) is 12.6. The van der Waals surface area contributed by atoms with Crippen molar-refractivity contribution in [3.8, 4) is 23.0 Å². The number of aromatic nitrogens is 2. The van der Waals surface area contributed by atoms with Gasteiger partial charge in [-0.25, -0.2) is 4.68 Å². The lowest BCUT2D eigenvalue weighted by atomic mass is 10.2. The van der Waals surface area contributed by atoms with Crippen molar-refractivity contribution in [3.05, 3.63) is 60.3 Å². The number of carbonyl (C=O) groups excluding carboxylic acids is 1. The van der Waals surface area contributed by atoms with Crippen LogP contribution in [-0.2, 0) is 11.3 Å². The first-order chi connectivity index (χ1) is 14.5. The molecule has 1 amide bonds. The van der Waals surface area contributed by atoms with Gasteiger partial charge in [0.1, 0.15) is 28.8 Å². The molecule has 8 nitrogen and oxygen atoms in total. The van der Waals surface area contributed by atoms with Crippen LogP contribution in [0.2, 0.25) is 0 Å². The van der Waals surface area contributed by atoms with Crippen molar-refractivity contribution in [2.75, 3.05) is 26.6 Å². The highest BCUT2D eigenvalue weighted by Crippen LogP contribution is 2.26. The van der Waals surface area contributed by atoms with Gasteiger partial charge in [-0.15, -0.1) is 0 Å². The Labute approximate surface area is 175 Å². The molecule has 1 aromatic heterocycles. The first-order valence-corrected chi connectivity index (χ1v) is 9.38. The van der Waals surface area contributed by atoms with Gasteiger partial charge in [-0.2, -0.15) is 5.10 Å². The average Bonchev–Trinajstić information content (AvgIpc) is 3.20. The molecular formula is C22H25N3O5. The molecule has 3 aromatic rings. The van der Waals surface area contributed by atoms with Crippen molar-refractivity contribution in [3.63, 3.8) is 0 Å². The zero-order valence-electron chi connectivity index (χ0n) is 17.4. The second kappa shape index (κ2) is 9.69. The van der Waals surface area contributed by atoms with E-state index >= 15 is 0 Å². The van der Waals surface area contributed by atoms with E-state index in [-0.39, 0.29) is 5.91 Å². The molecule has 0 spiro atoms. The Morgan fingerprint density at radius 3 is 2.30 bits per heavy atom. The van der Waals surface area contributed by atoms with E-state index in [1.54, 1.807) is 69.5 Å².